The average Bonchev–Trinajstić information content (AvgIpc) is 3.06. The highest BCUT2D eigenvalue weighted by atomic mass is 35.5. The first-order valence-electron chi connectivity index (χ1n) is 9.19. The first kappa shape index (κ1) is 19.7. The number of thiophene rings is 1. The number of ether oxygens (including phenoxy) is 1. The lowest BCUT2D eigenvalue weighted by Gasteiger charge is -2.35. The molecule has 0 aliphatic carbocycles. The second-order valence-electron chi connectivity index (χ2n) is 6.78. The molecule has 28 heavy (non-hydrogen) atoms. The maximum Gasteiger partial charge on any atom is 0.256 e. The molecule has 4 rings (SSSR count). The zero-order valence-electron chi connectivity index (χ0n) is 15.5. The summed E-state index contributed by atoms with van der Waals surface area (Å²) in [4.78, 5) is 28.3. The Morgan fingerprint density at radius 1 is 1.04 bits per heavy atom. The molecular weight excluding hydrogens is 421 g/mol. The monoisotopic (exact) mass is 441 g/mol. The van der Waals surface area contributed by atoms with E-state index in [2.05, 4.69) is 14.8 Å². The van der Waals surface area contributed by atoms with Gasteiger partial charge in [0.05, 0.1) is 23.1 Å². The van der Waals surface area contributed by atoms with Gasteiger partial charge >= 0.3 is 0 Å². The summed E-state index contributed by atoms with van der Waals surface area (Å²) < 4.78 is 6.39. The van der Waals surface area contributed by atoms with Crippen LogP contribution in [-0.4, -0.2) is 73.3 Å². The molecule has 2 fully saturated rings. The van der Waals surface area contributed by atoms with Gasteiger partial charge in [-0.1, -0.05) is 23.2 Å². The zero-order chi connectivity index (χ0) is 19.7. The van der Waals surface area contributed by atoms with Crippen molar-refractivity contribution in [2.24, 2.45) is 0 Å². The predicted molar refractivity (Wildman–Crippen MR) is 112 cm³/mol. The minimum atomic E-state index is -0.0769. The molecule has 4 heterocycles. The SMILES string of the molecule is Cc1cc(N2CCOCC2)nc(N2CCN(C(=O)c3cc(Cl)sc3Cl)CC2)n1. The predicted octanol–water partition coefficient (Wildman–Crippen LogP) is 2.95. The van der Waals surface area contributed by atoms with Crippen molar-refractivity contribution in [3.63, 3.8) is 0 Å². The van der Waals surface area contributed by atoms with Crippen LogP contribution in [0.3, 0.4) is 0 Å². The third-order valence-corrected chi connectivity index (χ3v) is 6.39. The number of anilines is 2. The lowest BCUT2D eigenvalue weighted by molar-refractivity contribution is 0.0747. The van der Waals surface area contributed by atoms with Gasteiger partial charge in [-0.15, -0.1) is 11.3 Å². The summed E-state index contributed by atoms with van der Waals surface area (Å²) in [6, 6.07) is 3.65. The Morgan fingerprint density at radius 2 is 1.75 bits per heavy atom. The summed E-state index contributed by atoms with van der Waals surface area (Å²) in [5, 5.41) is 0. The van der Waals surface area contributed by atoms with Gasteiger partial charge in [-0.05, 0) is 13.0 Å². The summed E-state index contributed by atoms with van der Waals surface area (Å²) in [6.45, 7) is 7.62. The van der Waals surface area contributed by atoms with Gasteiger partial charge in [-0.3, -0.25) is 4.79 Å². The van der Waals surface area contributed by atoms with Crippen LogP contribution in [0.2, 0.25) is 8.67 Å². The van der Waals surface area contributed by atoms with Crippen LogP contribution in [0.5, 0.6) is 0 Å². The van der Waals surface area contributed by atoms with Gasteiger partial charge in [0.2, 0.25) is 5.95 Å². The molecule has 2 aromatic heterocycles. The van der Waals surface area contributed by atoms with Gasteiger partial charge in [0.1, 0.15) is 10.2 Å². The van der Waals surface area contributed by atoms with Crippen molar-refractivity contribution in [2.45, 2.75) is 6.92 Å². The van der Waals surface area contributed by atoms with E-state index in [0.717, 1.165) is 24.6 Å². The number of morpholine rings is 1. The molecule has 2 aromatic rings. The van der Waals surface area contributed by atoms with Crippen molar-refractivity contribution in [1.29, 1.82) is 0 Å². The molecule has 1 amide bonds. The Kier molecular flexibility index (Phi) is 5.91. The molecule has 0 atom stereocenters. The molecule has 2 saturated heterocycles. The summed E-state index contributed by atoms with van der Waals surface area (Å²) in [5.41, 5.74) is 1.41. The minimum absolute atomic E-state index is 0.0769. The molecule has 10 heteroatoms. The third kappa shape index (κ3) is 4.20. The summed E-state index contributed by atoms with van der Waals surface area (Å²) in [6.07, 6.45) is 0. The molecule has 0 radical (unpaired) electrons. The maximum atomic E-state index is 12.7. The van der Waals surface area contributed by atoms with Gasteiger partial charge in [0.25, 0.3) is 5.91 Å². The van der Waals surface area contributed by atoms with Crippen LogP contribution in [-0.2, 0) is 4.74 Å². The smallest absolute Gasteiger partial charge is 0.256 e. The van der Waals surface area contributed by atoms with E-state index in [9.17, 15) is 4.79 Å². The number of halogens is 2. The van der Waals surface area contributed by atoms with E-state index < -0.39 is 0 Å². The van der Waals surface area contributed by atoms with E-state index in [1.54, 1.807) is 11.0 Å². The number of piperazine rings is 1. The number of aromatic nitrogens is 2. The fourth-order valence-corrected chi connectivity index (χ4v) is 4.85. The highest BCUT2D eigenvalue weighted by Crippen LogP contribution is 2.32. The number of aryl methyl sites for hydroxylation is 1. The van der Waals surface area contributed by atoms with Crippen molar-refractivity contribution >= 4 is 52.2 Å². The third-order valence-electron chi connectivity index (χ3n) is 4.90. The molecule has 0 aromatic carbocycles. The van der Waals surface area contributed by atoms with Crippen LogP contribution in [0.4, 0.5) is 11.8 Å². The lowest BCUT2D eigenvalue weighted by atomic mass is 10.2. The van der Waals surface area contributed by atoms with Crippen LogP contribution in [0.15, 0.2) is 12.1 Å². The first-order valence-corrected chi connectivity index (χ1v) is 10.8. The molecular formula is C18H21Cl2N5O2S. The second-order valence-corrected chi connectivity index (χ2v) is 9.07. The second kappa shape index (κ2) is 8.41. The maximum absolute atomic E-state index is 12.7. The Hall–Kier alpha value is -1.61. The highest BCUT2D eigenvalue weighted by Gasteiger charge is 2.26. The Balaban J connectivity index is 1.44. The van der Waals surface area contributed by atoms with E-state index in [1.165, 1.54) is 11.3 Å². The Morgan fingerprint density at radius 3 is 2.39 bits per heavy atom. The number of rotatable bonds is 3. The highest BCUT2D eigenvalue weighted by molar-refractivity contribution is 7.20. The van der Waals surface area contributed by atoms with Crippen molar-refractivity contribution in [3.05, 3.63) is 32.1 Å². The summed E-state index contributed by atoms with van der Waals surface area (Å²) in [5.74, 6) is 1.57. The van der Waals surface area contributed by atoms with Gasteiger partial charge in [-0.2, -0.15) is 4.98 Å². The van der Waals surface area contributed by atoms with Crippen molar-refractivity contribution in [2.75, 3.05) is 62.3 Å². The van der Waals surface area contributed by atoms with Gasteiger partial charge in [0, 0.05) is 51.0 Å². The Bertz CT molecular complexity index is 864. The fourth-order valence-electron chi connectivity index (χ4n) is 3.40. The van der Waals surface area contributed by atoms with Crippen molar-refractivity contribution in [3.8, 4) is 0 Å². The van der Waals surface area contributed by atoms with Crippen LogP contribution in [0.25, 0.3) is 0 Å². The molecule has 2 aliphatic heterocycles. The molecule has 0 spiro atoms. The average molecular weight is 442 g/mol. The van der Waals surface area contributed by atoms with Gasteiger partial charge in [-0.25, -0.2) is 4.98 Å². The number of carbonyl (C=O) groups is 1. The van der Waals surface area contributed by atoms with E-state index in [0.29, 0.717) is 59.6 Å². The number of hydrogen-bond acceptors (Lipinski definition) is 7. The first-order chi connectivity index (χ1) is 13.5. The molecule has 0 bridgehead atoms. The standard InChI is InChI=1S/C18H21Cl2N5O2S/c1-12-10-15(23-6-8-27-9-7-23)22-18(21-12)25-4-2-24(3-5-25)17(26)13-11-14(19)28-16(13)20/h10-11H,2-9H2,1H3. The number of nitrogens with zero attached hydrogens (tertiary/aromatic N) is 5. The topological polar surface area (TPSA) is 61.8 Å². The molecule has 150 valence electrons. The fraction of sp³-hybridized carbons (Fsp3) is 0.500. The van der Waals surface area contributed by atoms with E-state index in [4.69, 9.17) is 32.9 Å². The zero-order valence-corrected chi connectivity index (χ0v) is 17.9. The van der Waals surface area contributed by atoms with Crippen LogP contribution in [0.1, 0.15) is 16.1 Å². The molecule has 0 unspecified atom stereocenters. The largest absolute Gasteiger partial charge is 0.378 e. The minimum Gasteiger partial charge on any atom is -0.378 e. The van der Waals surface area contributed by atoms with E-state index >= 15 is 0 Å². The van der Waals surface area contributed by atoms with Crippen LogP contribution in [0, 0.1) is 6.92 Å². The lowest BCUT2D eigenvalue weighted by Crippen LogP contribution is -2.49. The van der Waals surface area contributed by atoms with Crippen LogP contribution < -0.4 is 9.80 Å². The molecule has 0 saturated carbocycles. The number of carbonyl (C=O) groups excluding carboxylic acids is 1. The number of amides is 1. The molecule has 0 N–H and O–H groups in total. The van der Waals surface area contributed by atoms with Gasteiger partial charge < -0.3 is 19.4 Å². The quantitative estimate of drug-likeness (QED) is 0.729. The van der Waals surface area contributed by atoms with Gasteiger partial charge in [0.15, 0.2) is 0 Å². The van der Waals surface area contributed by atoms with Crippen LogP contribution >= 0.6 is 34.5 Å². The number of hydrogen-bond donors (Lipinski definition) is 0. The molecule has 7 nitrogen and oxygen atoms in total. The van der Waals surface area contributed by atoms with E-state index in [1.807, 2.05) is 13.0 Å². The normalized spacial score (nSPS) is 17.9. The van der Waals surface area contributed by atoms with E-state index in [-0.39, 0.29) is 5.91 Å². The summed E-state index contributed by atoms with van der Waals surface area (Å²) in [7, 11) is 0. The van der Waals surface area contributed by atoms with Crippen molar-refractivity contribution < 1.29 is 9.53 Å². The van der Waals surface area contributed by atoms with Crippen molar-refractivity contribution in [1.82, 2.24) is 14.9 Å². The Labute approximate surface area is 177 Å². The molecule has 2 aliphatic rings. The summed E-state index contributed by atoms with van der Waals surface area (Å²) >= 11 is 13.3.